The summed E-state index contributed by atoms with van der Waals surface area (Å²) in [4.78, 5) is 36.6. The molecule has 0 heterocycles. The van der Waals surface area contributed by atoms with E-state index in [-0.39, 0.29) is 18.6 Å². The van der Waals surface area contributed by atoms with Crippen LogP contribution >= 0.6 is 0 Å². The van der Waals surface area contributed by atoms with Gasteiger partial charge in [-0.15, -0.1) is 0 Å². The van der Waals surface area contributed by atoms with Crippen LogP contribution in [0.15, 0.2) is 30.3 Å². The third kappa shape index (κ3) is 10.7. The lowest BCUT2D eigenvalue weighted by atomic mass is 10.1. The van der Waals surface area contributed by atoms with Crippen LogP contribution in [-0.2, 0) is 30.4 Å². The van der Waals surface area contributed by atoms with Gasteiger partial charge in [0, 0.05) is 30.8 Å². The molecular weight excluding hydrogens is 380 g/mol. The molecule has 2 amide bonds. The Morgan fingerprint density at radius 3 is 2.29 bits per heavy atom. The van der Waals surface area contributed by atoms with Crippen LogP contribution in [-0.4, -0.2) is 51.5 Å². The second-order valence-corrected chi connectivity index (χ2v) is 10.7. The smallest absolute Gasteiger partial charge is 0.408 e. The summed E-state index contributed by atoms with van der Waals surface area (Å²) in [5.41, 5.74) is 0.197. The summed E-state index contributed by atoms with van der Waals surface area (Å²) in [7, 11) is -2.32. The summed E-state index contributed by atoms with van der Waals surface area (Å²) < 4.78 is 16.9. The van der Waals surface area contributed by atoms with Gasteiger partial charge >= 0.3 is 6.09 Å². The summed E-state index contributed by atoms with van der Waals surface area (Å²) in [6.07, 6.45) is 2.25. The molecule has 1 aromatic rings. The zero-order valence-corrected chi connectivity index (χ0v) is 17.9. The van der Waals surface area contributed by atoms with Crippen LogP contribution in [0.5, 0.6) is 0 Å². The number of ether oxygens (including phenoxy) is 1. The lowest BCUT2D eigenvalue weighted by molar-refractivity contribution is -0.123. The Labute approximate surface area is 167 Å². The highest BCUT2D eigenvalue weighted by Crippen LogP contribution is 2.08. The van der Waals surface area contributed by atoms with E-state index in [1.807, 2.05) is 30.3 Å². The molecule has 8 heteroatoms. The largest absolute Gasteiger partial charge is 0.444 e. The fourth-order valence-corrected chi connectivity index (χ4v) is 3.04. The van der Waals surface area contributed by atoms with E-state index in [1.54, 1.807) is 20.8 Å². The fourth-order valence-electron chi connectivity index (χ4n) is 2.29. The number of hydrogen-bond acceptors (Lipinski definition) is 5. The molecule has 0 bridgehead atoms. The average molecular weight is 411 g/mol. The summed E-state index contributed by atoms with van der Waals surface area (Å²) >= 11 is 0. The van der Waals surface area contributed by atoms with Crippen molar-refractivity contribution in [3.8, 4) is 0 Å². The summed E-state index contributed by atoms with van der Waals surface area (Å²) in [5.74, 6) is -0.752. The monoisotopic (exact) mass is 410 g/mol. The molecule has 0 aliphatic heterocycles. The predicted octanol–water partition coefficient (Wildman–Crippen LogP) is 1.89. The van der Waals surface area contributed by atoms with Gasteiger partial charge in [0.1, 0.15) is 11.6 Å². The molecule has 28 heavy (non-hydrogen) atoms. The topological polar surface area (TPSA) is 102 Å². The number of hydrogen-bond donors (Lipinski definition) is 2. The molecule has 0 aliphatic carbocycles. The number of carbonyl (C=O) groups is 3. The van der Waals surface area contributed by atoms with Gasteiger partial charge < -0.3 is 15.4 Å². The molecular formula is C20H30N2O5S. The number of amides is 2. The first-order valence-electron chi connectivity index (χ1n) is 8.99. The Balaban J connectivity index is 2.78. The van der Waals surface area contributed by atoms with Crippen molar-refractivity contribution >= 4 is 32.7 Å². The molecule has 1 rings (SSSR count). The standard InChI is InChI=1S/C20H30N2O5S/c1-20(2,3)27-19(25)22-17(12-11-16(23)14-28(4,5)26)18(24)21-13-15-9-7-6-8-10-15/h6-10,14,17H,11-13H2,1-5H3,(H,21,24)(H,22,25)/t17-/m0/s1. The average Bonchev–Trinajstić information content (AvgIpc) is 2.54. The predicted molar refractivity (Wildman–Crippen MR) is 112 cm³/mol. The highest BCUT2D eigenvalue weighted by atomic mass is 32.2. The minimum atomic E-state index is -2.32. The van der Waals surface area contributed by atoms with Crippen LogP contribution in [0, 0.1) is 0 Å². The minimum Gasteiger partial charge on any atom is -0.444 e. The second-order valence-electron chi connectivity index (χ2n) is 7.83. The van der Waals surface area contributed by atoms with Crippen molar-refractivity contribution in [2.75, 3.05) is 12.5 Å². The van der Waals surface area contributed by atoms with Gasteiger partial charge in [0.15, 0.2) is 5.78 Å². The normalized spacial score (nSPS) is 12.6. The Hall–Kier alpha value is -2.35. The number of carbonyl (C=O) groups excluding carboxylic acids is 3. The van der Waals surface area contributed by atoms with E-state index in [9.17, 15) is 18.6 Å². The summed E-state index contributed by atoms with van der Waals surface area (Å²) in [5, 5.41) is 6.44. The van der Waals surface area contributed by atoms with Gasteiger partial charge in [0.2, 0.25) is 5.91 Å². The van der Waals surface area contributed by atoms with Crippen molar-refractivity contribution in [2.24, 2.45) is 0 Å². The van der Waals surface area contributed by atoms with E-state index < -0.39 is 33.2 Å². The number of nitrogens with one attached hydrogen (secondary N) is 2. The van der Waals surface area contributed by atoms with Gasteiger partial charge in [0.25, 0.3) is 0 Å². The molecule has 0 spiro atoms. The van der Waals surface area contributed by atoms with Crippen molar-refractivity contribution in [2.45, 2.75) is 51.8 Å². The zero-order valence-electron chi connectivity index (χ0n) is 17.1. The van der Waals surface area contributed by atoms with E-state index >= 15 is 0 Å². The van der Waals surface area contributed by atoms with Crippen molar-refractivity contribution in [1.82, 2.24) is 10.6 Å². The molecule has 1 aromatic carbocycles. The molecule has 0 unspecified atom stereocenters. The number of ketones is 1. The Morgan fingerprint density at radius 2 is 1.75 bits per heavy atom. The molecule has 0 saturated heterocycles. The first kappa shape index (κ1) is 23.7. The fraction of sp³-hybridized carbons (Fsp3) is 0.500. The highest BCUT2D eigenvalue weighted by Gasteiger charge is 2.24. The first-order valence-corrected chi connectivity index (χ1v) is 11.4. The number of rotatable bonds is 8. The van der Waals surface area contributed by atoms with Gasteiger partial charge in [-0.3, -0.25) is 13.8 Å². The Kier molecular flexibility index (Phi) is 8.68. The minimum absolute atomic E-state index is 0.0160. The van der Waals surface area contributed by atoms with E-state index in [0.717, 1.165) is 5.56 Å². The number of benzene rings is 1. The Morgan fingerprint density at radius 1 is 1.14 bits per heavy atom. The van der Waals surface area contributed by atoms with E-state index in [2.05, 4.69) is 10.6 Å². The van der Waals surface area contributed by atoms with Crippen LogP contribution in [0.4, 0.5) is 4.79 Å². The molecule has 0 saturated carbocycles. The maximum atomic E-state index is 12.6. The lowest BCUT2D eigenvalue weighted by Crippen LogP contribution is -2.48. The number of alkyl carbamates (subject to hydrolysis) is 1. The molecule has 7 nitrogen and oxygen atoms in total. The molecule has 0 fully saturated rings. The quantitative estimate of drug-likeness (QED) is 0.637. The molecule has 156 valence electrons. The third-order valence-electron chi connectivity index (χ3n) is 3.41. The van der Waals surface area contributed by atoms with Crippen LogP contribution in [0.2, 0.25) is 0 Å². The van der Waals surface area contributed by atoms with Gasteiger partial charge in [-0.25, -0.2) is 4.79 Å². The SMILES string of the molecule is CC(C)(C)OC(=O)N[C@@H](CCC(=O)C=S(C)(C)=O)C(=O)NCc1ccccc1. The van der Waals surface area contributed by atoms with Crippen molar-refractivity contribution in [3.63, 3.8) is 0 Å². The van der Waals surface area contributed by atoms with Gasteiger partial charge in [0.05, 0.1) is 0 Å². The summed E-state index contributed by atoms with van der Waals surface area (Å²) in [6, 6.07) is 8.39. The van der Waals surface area contributed by atoms with Crippen molar-refractivity contribution in [3.05, 3.63) is 35.9 Å². The van der Waals surface area contributed by atoms with Crippen molar-refractivity contribution in [1.29, 1.82) is 0 Å². The van der Waals surface area contributed by atoms with Crippen LogP contribution in [0.3, 0.4) is 0 Å². The van der Waals surface area contributed by atoms with Crippen molar-refractivity contribution < 1.29 is 23.3 Å². The van der Waals surface area contributed by atoms with Crippen LogP contribution < -0.4 is 10.6 Å². The maximum Gasteiger partial charge on any atom is 0.408 e. The van der Waals surface area contributed by atoms with E-state index in [1.165, 1.54) is 17.9 Å². The molecule has 0 radical (unpaired) electrons. The molecule has 2 N–H and O–H groups in total. The third-order valence-corrected chi connectivity index (χ3v) is 4.24. The lowest BCUT2D eigenvalue weighted by Gasteiger charge is -2.23. The van der Waals surface area contributed by atoms with E-state index in [4.69, 9.17) is 4.74 Å². The number of Topliss-reactive ketones (excluding diaryl/α,β-unsaturated/α-hetero) is 1. The highest BCUT2D eigenvalue weighted by molar-refractivity contribution is 8.01. The van der Waals surface area contributed by atoms with Gasteiger partial charge in [-0.2, -0.15) is 0 Å². The second kappa shape index (κ2) is 10.3. The Bertz CT molecular complexity index is 798. The van der Waals surface area contributed by atoms with Gasteiger partial charge in [-0.1, -0.05) is 30.3 Å². The summed E-state index contributed by atoms with van der Waals surface area (Å²) in [6.45, 7) is 5.45. The van der Waals surface area contributed by atoms with Crippen LogP contribution in [0.25, 0.3) is 0 Å². The van der Waals surface area contributed by atoms with Crippen LogP contribution in [0.1, 0.15) is 39.2 Å². The molecule has 0 aliphatic rings. The first-order chi connectivity index (χ1) is 12.9. The zero-order chi connectivity index (χ0) is 21.4. The maximum absolute atomic E-state index is 12.6. The molecule has 0 aromatic heterocycles. The van der Waals surface area contributed by atoms with Gasteiger partial charge in [-0.05, 0) is 42.3 Å². The molecule has 1 atom stereocenters. The van der Waals surface area contributed by atoms with E-state index in [0.29, 0.717) is 6.54 Å².